The third-order valence-electron chi connectivity index (χ3n) is 2.80. The van der Waals surface area contributed by atoms with Crippen molar-refractivity contribution in [3.05, 3.63) is 0 Å². The lowest BCUT2D eigenvalue weighted by atomic mass is 10.2. The smallest absolute Gasteiger partial charge is 0.234 e. The topological polar surface area (TPSA) is 52.6 Å². The van der Waals surface area contributed by atoms with Gasteiger partial charge in [-0.2, -0.15) is 0 Å². The molecule has 0 unspecified atom stereocenters. The van der Waals surface area contributed by atoms with Crippen molar-refractivity contribution < 1.29 is 9.90 Å². The second-order valence-corrected chi connectivity index (χ2v) is 4.55. The molecule has 4 heteroatoms. The molecule has 0 bridgehead atoms. The zero-order chi connectivity index (χ0) is 11.8. The van der Waals surface area contributed by atoms with E-state index in [-0.39, 0.29) is 12.5 Å². The van der Waals surface area contributed by atoms with Gasteiger partial charge in [-0.05, 0) is 25.8 Å². The van der Waals surface area contributed by atoms with Gasteiger partial charge in [0.2, 0.25) is 5.91 Å². The fourth-order valence-corrected chi connectivity index (χ4v) is 1.70. The molecular formula is C12H24N2O2. The first-order chi connectivity index (χ1) is 7.76. The van der Waals surface area contributed by atoms with Crippen LogP contribution in [0.3, 0.4) is 0 Å². The Labute approximate surface area is 98.0 Å². The molecule has 0 radical (unpaired) electrons. The van der Waals surface area contributed by atoms with E-state index in [1.54, 1.807) is 0 Å². The van der Waals surface area contributed by atoms with Crippen molar-refractivity contribution in [1.82, 2.24) is 10.2 Å². The highest BCUT2D eigenvalue weighted by Crippen LogP contribution is 2.18. The number of aliphatic hydroxyl groups excluding tert-OH is 1. The monoisotopic (exact) mass is 228 g/mol. The standard InChI is InChI=1S/C12H24N2O2/c1-2-3-4-7-14(8-9-15)10-12(16)13-11-5-6-11/h11,15H,2-10H2,1H3,(H,13,16). The molecule has 0 aromatic heterocycles. The van der Waals surface area contributed by atoms with Gasteiger partial charge in [0, 0.05) is 12.6 Å². The Balaban J connectivity index is 2.16. The van der Waals surface area contributed by atoms with Gasteiger partial charge in [0.25, 0.3) is 0 Å². The van der Waals surface area contributed by atoms with Crippen LogP contribution < -0.4 is 5.32 Å². The molecule has 94 valence electrons. The summed E-state index contributed by atoms with van der Waals surface area (Å²) in [6.07, 6.45) is 5.73. The highest BCUT2D eigenvalue weighted by atomic mass is 16.3. The van der Waals surface area contributed by atoms with Crippen molar-refractivity contribution in [3.63, 3.8) is 0 Å². The minimum Gasteiger partial charge on any atom is -0.395 e. The van der Waals surface area contributed by atoms with Gasteiger partial charge in [-0.3, -0.25) is 9.69 Å². The summed E-state index contributed by atoms with van der Waals surface area (Å²) < 4.78 is 0. The number of rotatable bonds is 9. The Morgan fingerprint density at radius 1 is 1.38 bits per heavy atom. The van der Waals surface area contributed by atoms with Gasteiger partial charge in [-0.1, -0.05) is 19.8 Å². The van der Waals surface area contributed by atoms with E-state index >= 15 is 0 Å². The lowest BCUT2D eigenvalue weighted by Crippen LogP contribution is -2.39. The molecular weight excluding hydrogens is 204 g/mol. The number of carbonyl (C=O) groups excluding carboxylic acids is 1. The number of aliphatic hydroxyl groups is 1. The largest absolute Gasteiger partial charge is 0.395 e. The van der Waals surface area contributed by atoms with Crippen LogP contribution in [0.15, 0.2) is 0 Å². The summed E-state index contributed by atoms with van der Waals surface area (Å²) in [5.41, 5.74) is 0. The quantitative estimate of drug-likeness (QED) is 0.573. The number of amides is 1. The Morgan fingerprint density at radius 3 is 2.69 bits per heavy atom. The molecule has 0 heterocycles. The first kappa shape index (κ1) is 13.5. The zero-order valence-corrected chi connectivity index (χ0v) is 10.2. The maximum atomic E-state index is 11.6. The average molecular weight is 228 g/mol. The van der Waals surface area contributed by atoms with E-state index in [1.165, 1.54) is 12.8 Å². The Kier molecular flexibility index (Phi) is 6.42. The summed E-state index contributed by atoms with van der Waals surface area (Å²) >= 11 is 0. The SMILES string of the molecule is CCCCCN(CCO)CC(=O)NC1CC1. The van der Waals surface area contributed by atoms with Crippen LogP contribution in [-0.2, 0) is 4.79 Å². The highest BCUT2D eigenvalue weighted by Gasteiger charge is 2.23. The van der Waals surface area contributed by atoms with Crippen molar-refractivity contribution in [3.8, 4) is 0 Å². The summed E-state index contributed by atoms with van der Waals surface area (Å²) in [5, 5.41) is 11.9. The van der Waals surface area contributed by atoms with Crippen LogP contribution in [0, 0.1) is 0 Å². The molecule has 1 aliphatic rings. The first-order valence-electron chi connectivity index (χ1n) is 6.38. The van der Waals surface area contributed by atoms with E-state index in [0.29, 0.717) is 19.1 Å². The van der Waals surface area contributed by atoms with Crippen LogP contribution in [0.5, 0.6) is 0 Å². The molecule has 0 saturated heterocycles. The molecule has 1 fully saturated rings. The molecule has 16 heavy (non-hydrogen) atoms. The zero-order valence-electron chi connectivity index (χ0n) is 10.2. The molecule has 0 spiro atoms. The van der Waals surface area contributed by atoms with Gasteiger partial charge < -0.3 is 10.4 Å². The van der Waals surface area contributed by atoms with E-state index in [1.807, 2.05) is 4.90 Å². The number of nitrogens with one attached hydrogen (secondary N) is 1. The van der Waals surface area contributed by atoms with Gasteiger partial charge in [0.05, 0.1) is 13.2 Å². The number of carbonyl (C=O) groups is 1. The van der Waals surface area contributed by atoms with E-state index in [2.05, 4.69) is 12.2 Å². The molecule has 0 aromatic rings. The van der Waals surface area contributed by atoms with E-state index in [9.17, 15) is 4.79 Å². The molecule has 1 saturated carbocycles. The number of hydrogen-bond donors (Lipinski definition) is 2. The third kappa shape index (κ3) is 6.08. The average Bonchev–Trinajstić information content (AvgIpc) is 3.02. The second kappa shape index (κ2) is 7.63. The molecule has 2 N–H and O–H groups in total. The van der Waals surface area contributed by atoms with Gasteiger partial charge in [-0.25, -0.2) is 0 Å². The fraction of sp³-hybridized carbons (Fsp3) is 0.917. The van der Waals surface area contributed by atoms with Gasteiger partial charge in [0.15, 0.2) is 0 Å². The Bertz CT molecular complexity index is 205. The normalized spacial score (nSPS) is 15.4. The number of hydrogen-bond acceptors (Lipinski definition) is 3. The van der Waals surface area contributed by atoms with E-state index in [0.717, 1.165) is 25.8 Å². The number of unbranched alkanes of at least 4 members (excludes halogenated alkanes) is 2. The maximum Gasteiger partial charge on any atom is 0.234 e. The van der Waals surface area contributed by atoms with Crippen molar-refractivity contribution in [1.29, 1.82) is 0 Å². The summed E-state index contributed by atoms with van der Waals surface area (Å²) in [6, 6.07) is 0.430. The van der Waals surface area contributed by atoms with Crippen molar-refractivity contribution in [2.45, 2.75) is 45.1 Å². The first-order valence-corrected chi connectivity index (χ1v) is 6.38. The lowest BCUT2D eigenvalue weighted by molar-refractivity contribution is -0.122. The molecule has 0 aromatic carbocycles. The summed E-state index contributed by atoms with van der Waals surface area (Å²) in [6.45, 7) is 4.23. The summed E-state index contributed by atoms with van der Waals surface area (Å²) in [5.74, 6) is 0.104. The van der Waals surface area contributed by atoms with Crippen LogP contribution in [-0.4, -0.2) is 48.2 Å². The summed E-state index contributed by atoms with van der Waals surface area (Å²) in [4.78, 5) is 13.6. The molecule has 1 aliphatic carbocycles. The maximum absolute atomic E-state index is 11.6. The van der Waals surface area contributed by atoms with Crippen LogP contribution in [0.1, 0.15) is 39.0 Å². The van der Waals surface area contributed by atoms with Crippen molar-refractivity contribution in [2.24, 2.45) is 0 Å². The van der Waals surface area contributed by atoms with Crippen LogP contribution >= 0.6 is 0 Å². The number of nitrogens with zero attached hydrogens (tertiary/aromatic N) is 1. The highest BCUT2D eigenvalue weighted by molar-refractivity contribution is 5.78. The van der Waals surface area contributed by atoms with Gasteiger partial charge >= 0.3 is 0 Å². The van der Waals surface area contributed by atoms with E-state index < -0.39 is 0 Å². The predicted molar refractivity (Wildman–Crippen MR) is 64.2 cm³/mol. The molecule has 0 atom stereocenters. The lowest BCUT2D eigenvalue weighted by Gasteiger charge is -2.20. The Hall–Kier alpha value is -0.610. The van der Waals surface area contributed by atoms with Crippen LogP contribution in [0.4, 0.5) is 0 Å². The van der Waals surface area contributed by atoms with E-state index in [4.69, 9.17) is 5.11 Å². The van der Waals surface area contributed by atoms with Gasteiger partial charge in [0.1, 0.15) is 0 Å². The molecule has 1 amide bonds. The van der Waals surface area contributed by atoms with Gasteiger partial charge in [-0.15, -0.1) is 0 Å². The summed E-state index contributed by atoms with van der Waals surface area (Å²) in [7, 11) is 0. The van der Waals surface area contributed by atoms with Crippen molar-refractivity contribution >= 4 is 5.91 Å². The third-order valence-corrected chi connectivity index (χ3v) is 2.80. The molecule has 0 aliphatic heterocycles. The minimum absolute atomic E-state index is 0.104. The van der Waals surface area contributed by atoms with Crippen molar-refractivity contribution in [2.75, 3.05) is 26.2 Å². The minimum atomic E-state index is 0.104. The molecule has 4 nitrogen and oxygen atoms in total. The second-order valence-electron chi connectivity index (χ2n) is 4.55. The molecule has 1 rings (SSSR count). The Morgan fingerprint density at radius 2 is 2.12 bits per heavy atom. The van der Waals surface area contributed by atoms with Crippen LogP contribution in [0.25, 0.3) is 0 Å². The predicted octanol–water partition coefficient (Wildman–Crippen LogP) is 0.749. The van der Waals surface area contributed by atoms with Crippen LogP contribution in [0.2, 0.25) is 0 Å². The fourth-order valence-electron chi connectivity index (χ4n) is 1.70.